The summed E-state index contributed by atoms with van der Waals surface area (Å²) < 4.78 is 1.91. The van der Waals surface area contributed by atoms with E-state index < -0.39 is 0 Å². The predicted octanol–water partition coefficient (Wildman–Crippen LogP) is 2.62. The molecule has 1 aliphatic carbocycles. The normalized spacial score (nSPS) is 19.3. The number of rotatable bonds is 6. The molecule has 1 aliphatic rings. The molecule has 1 amide bonds. The minimum atomic E-state index is 0.0521. The Bertz CT molecular complexity index is 668. The smallest absolute Gasteiger partial charge is 0.234 e. The third-order valence-corrected chi connectivity index (χ3v) is 4.95. The summed E-state index contributed by atoms with van der Waals surface area (Å²) in [5.74, 6) is 0.0521. The maximum Gasteiger partial charge on any atom is 0.234 e. The van der Waals surface area contributed by atoms with Crippen LogP contribution >= 0.6 is 0 Å². The molecule has 1 aromatic carbocycles. The van der Waals surface area contributed by atoms with Crippen LogP contribution in [0.25, 0.3) is 0 Å². The van der Waals surface area contributed by atoms with Gasteiger partial charge in [0, 0.05) is 18.4 Å². The lowest BCUT2D eigenvalue weighted by Gasteiger charge is -2.27. The Kier molecular flexibility index (Phi) is 5.30. The van der Waals surface area contributed by atoms with Gasteiger partial charge in [-0.1, -0.05) is 24.3 Å². The first kappa shape index (κ1) is 16.7. The molecule has 0 bridgehead atoms. The van der Waals surface area contributed by atoms with Crippen LogP contribution in [-0.2, 0) is 11.2 Å². The summed E-state index contributed by atoms with van der Waals surface area (Å²) in [6, 6.07) is 10.8. The highest BCUT2D eigenvalue weighted by Crippen LogP contribution is 2.29. The maximum absolute atomic E-state index is 12.3. The minimum Gasteiger partial charge on any atom is -0.348 e. The zero-order valence-corrected chi connectivity index (χ0v) is 14.4. The molecule has 0 radical (unpaired) electrons. The predicted molar refractivity (Wildman–Crippen MR) is 94.7 cm³/mol. The number of aryl methyl sites for hydroxylation is 1. The molecule has 24 heavy (non-hydrogen) atoms. The second-order valence-corrected chi connectivity index (χ2v) is 6.61. The van der Waals surface area contributed by atoms with Gasteiger partial charge in [0.05, 0.1) is 18.6 Å². The van der Waals surface area contributed by atoms with Gasteiger partial charge in [0.1, 0.15) is 0 Å². The van der Waals surface area contributed by atoms with E-state index in [0.29, 0.717) is 6.54 Å². The summed E-state index contributed by atoms with van der Waals surface area (Å²) in [6.07, 6.45) is 6.97. The summed E-state index contributed by atoms with van der Waals surface area (Å²) in [7, 11) is 0. The second-order valence-electron chi connectivity index (χ2n) is 6.61. The highest BCUT2D eigenvalue weighted by molar-refractivity contribution is 5.78. The van der Waals surface area contributed by atoms with Gasteiger partial charge in [-0.15, -0.1) is 0 Å². The van der Waals surface area contributed by atoms with Crippen LogP contribution in [0.4, 0.5) is 0 Å². The van der Waals surface area contributed by atoms with Crippen molar-refractivity contribution in [3.8, 4) is 0 Å². The molecule has 5 nitrogen and oxygen atoms in total. The van der Waals surface area contributed by atoms with Gasteiger partial charge in [0.25, 0.3) is 0 Å². The number of amides is 1. The molecule has 128 valence electrons. The molecule has 3 atom stereocenters. The fourth-order valence-electron chi connectivity index (χ4n) is 3.32. The van der Waals surface area contributed by atoms with Crippen molar-refractivity contribution in [2.24, 2.45) is 0 Å². The molecule has 0 saturated heterocycles. The number of carbonyl (C=O) groups is 1. The number of hydrogen-bond acceptors (Lipinski definition) is 3. The first-order valence-corrected chi connectivity index (χ1v) is 8.75. The highest BCUT2D eigenvalue weighted by atomic mass is 16.2. The average Bonchev–Trinajstić information content (AvgIpc) is 3.14. The maximum atomic E-state index is 12.3. The van der Waals surface area contributed by atoms with E-state index in [4.69, 9.17) is 0 Å². The van der Waals surface area contributed by atoms with Crippen molar-refractivity contribution in [3.05, 3.63) is 53.9 Å². The summed E-state index contributed by atoms with van der Waals surface area (Å²) in [5.41, 5.74) is 2.64. The van der Waals surface area contributed by atoms with Crippen LogP contribution in [0, 0.1) is 0 Å². The first-order valence-electron chi connectivity index (χ1n) is 8.75. The second kappa shape index (κ2) is 7.62. The molecule has 1 heterocycles. The van der Waals surface area contributed by atoms with Gasteiger partial charge in [-0.25, -0.2) is 0 Å². The lowest BCUT2D eigenvalue weighted by molar-refractivity contribution is -0.121. The Labute approximate surface area is 143 Å². The van der Waals surface area contributed by atoms with Gasteiger partial charge in [-0.3, -0.25) is 9.48 Å². The van der Waals surface area contributed by atoms with Crippen LogP contribution in [0.3, 0.4) is 0 Å². The van der Waals surface area contributed by atoms with Gasteiger partial charge in [0.15, 0.2) is 0 Å². The van der Waals surface area contributed by atoms with E-state index in [2.05, 4.69) is 53.8 Å². The molecule has 2 aromatic rings. The zero-order chi connectivity index (χ0) is 16.9. The van der Waals surface area contributed by atoms with Crippen LogP contribution < -0.4 is 10.6 Å². The number of fused-ring (bicyclic) bond motifs is 1. The highest BCUT2D eigenvalue weighted by Gasteiger charge is 2.22. The van der Waals surface area contributed by atoms with Crippen LogP contribution in [0.2, 0.25) is 0 Å². The van der Waals surface area contributed by atoms with Crippen LogP contribution in [0.1, 0.15) is 49.9 Å². The van der Waals surface area contributed by atoms with E-state index in [-0.39, 0.29) is 24.0 Å². The van der Waals surface area contributed by atoms with Crippen molar-refractivity contribution in [1.29, 1.82) is 0 Å². The lowest BCUT2D eigenvalue weighted by Crippen LogP contribution is -2.42. The Morgan fingerprint density at radius 3 is 2.96 bits per heavy atom. The molecule has 1 aromatic heterocycles. The Morgan fingerprint density at radius 2 is 2.17 bits per heavy atom. The number of hydrogen-bond donors (Lipinski definition) is 2. The molecule has 0 unspecified atom stereocenters. The van der Waals surface area contributed by atoms with Crippen molar-refractivity contribution in [3.63, 3.8) is 0 Å². The number of nitrogens with one attached hydrogen (secondary N) is 2. The third-order valence-electron chi connectivity index (χ3n) is 4.95. The molecule has 3 rings (SSSR count). The van der Waals surface area contributed by atoms with Gasteiger partial charge in [-0.05, 0) is 50.3 Å². The Balaban J connectivity index is 1.51. The molecule has 0 saturated carbocycles. The first-order chi connectivity index (χ1) is 11.6. The van der Waals surface area contributed by atoms with E-state index in [1.54, 1.807) is 6.20 Å². The van der Waals surface area contributed by atoms with E-state index in [9.17, 15) is 4.79 Å². The van der Waals surface area contributed by atoms with Gasteiger partial charge >= 0.3 is 0 Å². The SMILES string of the molecule is C[C@H](NCC(=O)N[C@@H]1CCCc2ccccc21)[C@@H](C)n1cccn1. The fourth-order valence-corrected chi connectivity index (χ4v) is 3.32. The molecular weight excluding hydrogens is 300 g/mol. The molecule has 0 aliphatic heterocycles. The summed E-state index contributed by atoms with van der Waals surface area (Å²) >= 11 is 0. The topological polar surface area (TPSA) is 59.0 Å². The van der Waals surface area contributed by atoms with Crippen LogP contribution in [0.15, 0.2) is 42.7 Å². The zero-order valence-electron chi connectivity index (χ0n) is 14.4. The van der Waals surface area contributed by atoms with Crippen molar-refractivity contribution in [2.75, 3.05) is 6.54 Å². The summed E-state index contributed by atoms with van der Waals surface area (Å²) in [5, 5.41) is 10.8. The standard InChI is InChI=1S/C19H26N4O/c1-14(15(2)23-12-6-11-21-23)20-13-19(24)22-18-10-5-8-16-7-3-4-9-17(16)18/h3-4,6-7,9,11-12,14-15,18,20H,5,8,10,13H2,1-2H3,(H,22,24)/t14-,15+,18+/m0/s1. The minimum absolute atomic E-state index is 0.0521. The van der Waals surface area contributed by atoms with Gasteiger partial charge < -0.3 is 10.6 Å². The Morgan fingerprint density at radius 1 is 1.33 bits per heavy atom. The monoisotopic (exact) mass is 326 g/mol. The molecule has 2 N–H and O–H groups in total. The van der Waals surface area contributed by atoms with Crippen LogP contribution in [0.5, 0.6) is 0 Å². The Hall–Kier alpha value is -2.14. The molecular formula is C19H26N4O. The van der Waals surface area contributed by atoms with Crippen molar-refractivity contribution in [2.45, 2.75) is 51.2 Å². The number of aromatic nitrogens is 2. The molecule has 5 heteroatoms. The quantitative estimate of drug-likeness (QED) is 0.858. The lowest BCUT2D eigenvalue weighted by atomic mass is 9.88. The van der Waals surface area contributed by atoms with E-state index in [1.807, 2.05) is 16.9 Å². The largest absolute Gasteiger partial charge is 0.348 e. The average molecular weight is 326 g/mol. The molecule has 0 fully saturated rings. The number of benzene rings is 1. The third kappa shape index (κ3) is 3.85. The summed E-state index contributed by atoms with van der Waals surface area (Å²) in [4.78, 5) is 12.3. The number of carbonyl (C=O) groups excluding carboxylic acids is 1. The van der Waals surface area contributed by atoms with Crippen molar-refractivity contribution < 1.29 is 4.79 Å². The molecule has 0 spiro atoms. The number of nitrogens with zero attached hydrogens (tertiary/aromatic N) is 2. The van der Waals surface area contributed by atoms with Crippen LogP contribution in [-0.4, -0.2) is 28.3 Å². The summed E-state index contributed by atoms with van der Waals surface area (Å²) in [6.45, 7) is 4.50. The van der Waals surface area contributed by atoms with Crippen molar-refractivity contribution in [1.82, 2.24) is 20.4 Å². The van der Waals surface area contributed by atoms with Crippen molar-refractivity contribution >= 4 is 5.91 Å². The van der Waals surface area contributed by atoms with E-state index in [1.165, 1.54) is 11.1 Å². The van der Waals surface area contributed by atoms with Gasteiger partial charge in [-0.2, -0.15) is 5.10 Å². The fraction of sp³-hybridized carbons (Fsp3) is 0.474. The van der Waals surface area contributed by atoms with Gasteiger partial charge in [0.2, 0.25) is 5.91 Å². The van der Waals surface area contributed by atoms with E-state index in [0.717, 1.165) is 19.3 Å². The van der Waals surface area contributed by atoms with E-state index >= 15 is 0 Å².